The second-order valence-corrected chi connectivity index (χ2v) is 8.25. The smallest absolute Gasteiger partial charge is 0.225 e. The van der Waals surface area contributed by atoms with Gasteiger partial charge in [-0.05, 0) is 44.7 Å². The number of rotatable bonds is 5. The van der Waals surface area contributed by atoms with E-state index in [1.165, 1.54) is 38.8 Å². The molecule has 2 heterocycles. The first kappa shape index (κ1) is 19.5. The maximum Gasteiger partial charge on any atom is 0.225 e. The average Bonchev–Trinajstić information content (AvgIpc) is 3.34. The van der Waals surface area contributed by atoms with Gasteiger partial charge in [-0.25, -0.2) is 0 Å². The molecule has 0 aromatic rings. The fourth-order valence-corrected chi connectivity index (χ4v) is 4.68. The van der Waals surface area contributed by atoms with Crippen molar-refractivity contribution in [2.75, 3.05) is 46.3 Å². The number of guanidine groups is 1. The molecule has 6 nitrogen and oxygen atoms in total. The Labute approximate surface area is 158 Å². The number of hydrogen-bond acceptors (Lipinski definition) is 3. The van der Waals surface area contributed by atoms with Crippen LogP contribution < -0.4 is 10.6 Å². The number of carbonyl (C=O) groups is 1. The highest BCUT2D eigenvalue weighted by molar-refractivity contribution is 5.81. The van der Waals surface area contributed by atoms with Gasteiger partial charge in [0.05, 0.1) is 0 Å². The molecule has 2 unspecified atom stereocenters. The van der Waals surface area contributed by atoms with Crippen LogP contribution in [0.4, 0.5) is 0 Å². The highest BCUT2D eigenvalue weighted by Gasteiger charge is 2.32. The molecule has 1 aliphatic carbocycles. The minimum atomic E-state index is 0.281. The maximum atomic E-state index is 12.7. The van der Waals surface area contributed by atoms with Gasteiger partial charge in [-0.15, -0.1) is 0 Å². The van der Waals surface area contributed by atoms with Crippen molar-refractivity contribution in [1.82, 2.24) is 20.4 Å². The third kappa shape index (κ3) is 5.12. The van der Waals surface area contributed by atoms with Crippen molar-refractivity contribution in [3.63, 3.8) is 0 Å². The molecule has 0 aromatic carbocycles. The zero-order valence-electron chi connectivity index (χ0n) is 16.7. The van der Waals surface area contributed by atoms with Gasteiger partial charge in [0, 0.05) is 45.2 Å². The zero-order chi connectivity index (χ0) is 18.4. The fraction of sp³-hybridized carbons (Fsp3) is 0.900. The van der Waals surface area contributed by atoms with Crippen molar-refractivity contribution in [2.24, 2.45) is 16.8 Å². The minimum absolute atomic E-state index is 0.281. The normalized spacial score (nSPS) is 28.5. The molecule has 0 radical (unpaired) electrons. The number of aliphatic imine (C=N–C) groups is 1. The van der Waals surface area contributed by atoms with E-state index in [2.05, 4.69) is 32.3 Å². The molecule has 3 aliphatic rings. The first-order valence-corrected chi connectivity index (χ1v) is 10.7. The van der Waals surface area contributed by atoms with Gasteiger partial charge in [-0.3, -0.25) is 9.79 Å². The first-order valence-electron chi connectivity index (χ1n) is 10.7. The van der Waals surface area contributed by atoms with Crippen molar-refractivity contribution >= 4 is 11.9 Å². The second kappa shape index (κ2) is 9.58. The van der Waals surface area contributed by atoms with Crippen LogP contribution >= 0.6 is 0 Å². The summed E-state index contributed by atoms with van der Waals surface area (Å²) in [4.78, 5) is 21.7. The maximum absolute atomic E-state index is 12.7. The van der Waals surface area contributed by atoms with E-state index < -0.39 is 0 Å². The highest BCUT2D eigenvalue weighted by atomic mass is 16.2. The monoisotopic (exact) mass is 363 g/mol. The zero-order valence-corrected chi connectivity index (χ0v) is 16.7. The molecule has 0 spiro atoms. The molecule has 2 atom stereocenters. The summed E-state index contributed by atoms with van der Waals surface area (Å²) < 4.78 is 0. The van der Waals surface area contributed by atoms with E-state index in [0.29, 0.717) is 17.9 Å². The summed E-state index contributed by atoms with van der Waals surface area (Å²) in [6.07, 6.45) is 8.21. The van der Waals surface area contributed by atoms with Crippen molar-refractivity contribution in [3.8, 4) is 0 Å². The van der Waals surface area contributed by atoms with Crippen LogP contribution in [0.3, 0.4) is 0 Å². The molecule has 2 N–H and O–H groups in total. The van der Waals surface area contributed by atoms with E-state index in [1.807, 2.05) is 7.05 Å². The molecular formula is C20H37N5O. The summed E-state index contributed by atoms with van der Waals surface area (Å²) >= 11 is 0. The summed E-state index contributed by atoms with van der Waals surface area (Å²) in [5, 5.41) is 7.03. The van der Waals surface area contributed by atoms with Gasteiger partial charge in [-0.2, -0.15) is 0 Å². The third-order valence-electron chi connectivity index (χ3n) is 6.39. The highest BCUT2D eigenvalue weighted by Crippen LogP contribution is 2.26. The van der Waals surface area contributed by atoms with E-state index in [1.54, 1.807) is 0 Å². The lowest BCUT2D eigenvalue weighted by molar-refractivity contribution is -0.135. The number of carbonyl (C=O) groups excluding carboxylic acids is 1. The van der Waals surface area contributed by atoms with Crippen LogP contribution in [0.1, 0.15) is 51.9 Å². The fourth-order valence-electron chi connectivity index (χ4n) is 4.68. The molecular weight excluding hydrogens is 326 g/mol. The number of likely N-dealkylation sites (tertiary alicyclic amines) is 2. The van der Waals surface area contributed by atoms with Gasteiger partial charge < -0.3 is 20.4 Å². The Morgan fingerprint density at radius 1 is 1.08 bits per heavy atom. The van der Waals surface area contributed by atoms with Gasteiger partial charge in [0.25, 0.3) is 0 Å². The molecule has 3 rings (SSSR count). The molecule has 2 saturated heterocycles. The molecule has 1 amide bonds. The minimum Gasteiger partial charge on any atom is -0.356 e. The summed E-state index contributed by atoms with van der Waals surface area (Å²) in [6.45, 7) is 8.48. The van der Waals surface area contributed by atoms with Crippen molar-refractivity contribution in [3.05, 3.63) is 0 Å². The lowest BCUT2D eigenvalue weighted by Crippen LogP contribution is -2.46. The Hall–Kier alpha value is -1.30. The van der Waals surface area contributed by atoms with E-state index in [9.17, 15) is 4.79 Å². The Morgan fingerprint density at radius 3 is 2.58 bits per heavy atom. The number of nitrogens with one attached hydrogen (secondary N) is 2. The van der Waals surface area contributed by atoms with Crippen LogP contribution in [0.25, 0.3) is 0 Å². The molecule has 26 heavy (non-hydrogen) atoms. The summed E-state index contributed by atoms with van der Waals surface area (Å²) in [7, 11) is 1.84. The standard InChI is InChI=1S/C20H37N5O/c1-3-24-11-9-16(14-24)13-22-20(21-2)23-18-10-12-25(15-18)19(26)17-7-5-4-6-8-17/h16-18H,3-15H2,1-2H3,(H2,21,22,23). The first-order chi connectivity index (χ1) is 12.7. The quantitative estimate of drug-likeness (QED) is 0.576. The topological polar surface area (TPSA) is 60.0 Å². The predicted molar refractivity (Wildman–Crippen MR) is 106 cm³/mol. The van der Waals surface area contributed by atoms with Gasteiger partial charge in [0.1, 0.15) is 0 Å². The van der Waals surface area contributed by atoms with Gasteiger partial charge >= 0.3 is 0 Å². The largest absolute Gasteiger partial charge is 0.356 e. The molecule has 2 aliphatic heterocycles. The summed E-state index contributed by atoms with van der Waals surface area (Å²) in [6, 6.07) is 0.324. The van der Waals surface area contributed by atoms with Gasteiger partial charge in [-0.1, -0.05) is 26.2 Å². The van der Waals surface area contributed by atoms with E-state index >= 15 is 0 Å². The van der Waals surface area contributed by atoms with Crippen LogP contribution in [-0.2, 0) is 4.79 Å². The number of hydrogen-bond donors (Lipinski definition) is 2. The Balaban J connectivity index is 1.39. The van der Waals surface area contributed by atoms with E-state index in [-0.39, 0.29) is 5.92 Å². The average molecular weight is 364 g/mol. The van der Waals surface area contributed by atoms with Gasteiger partial charge in [0.2, 0.25) is 5.91 Å². The van der Waals surface area contributed by atoms with Crippen molar-refractivity contribution < 1.29 is 4.79 Å². The van der Waals surface area contributed by atoms with E-state index in [0.717, 1.165) is 51.4 Å². The van der Waals surface area contributed by atoms with Crippen LogP contribution in [0, 0.1) is 11.8 Å². The molecule has 1 saturated carbocycles. The SMILES string of the molecule is CCN1CCC(CNC(=NC)NC2CCN(C(=O)C3CCCCC3)C2)C1. The summed E-state index contributed by atoms with van der Waals surface area (Å²) in [5.41, 5.74) is 0. The number of amides is 1. The van der Waals surface area contributed by atoms with Crippen molar-refractivity contribution in [2.45, 2.75) is 57.9 Å². The van der Waals surface area contributed by atoms with Crippen molar-refractivity contribution in [1.29, 1.82) is 0 Å². The Morgan fingerprint density at radius 2 is 1.88 bits per heavy atom. The number of nitrogens with zero attached hydrogens (tertiary/aromatic N) is 3. The van der Waals surface area contributed by atoms with Gasteiger partial charge in [0.15, 0.2) is 5.96 Å². The molecule has 3 fully saturated rings. The van der Waals surface area contributed by atoms with Crippen LogP contribution in [-0.4, -0.2) is 74.0 Å². The summed E-state index contributed by atoms with van der Waals surface area (Å²) in [5.74, 6) is 2.27. The third-order valence-corrected chi connectivity index (χ3v) is 6.39. The van der Waals surface area contributed by atoms with Crippen LogP contribution in [0.5, 0.6) is 0 Å². The molecule has 0 aromatic heterocycles. The van der Waals surface area contributed by atoms with Crippen LogP contribution in [0.15, 0.2) is 4.99 Å². The van der Waals surface area contributed by atoms with E-state index in [4.69, 9.17) is 0 Å². The molecule has 148 valence electrons. The second-order valence-electron chi connectivity index (χ2n) is 8.25. The lowest BCUT2D eigenvalue weighted by Gasteiger charge is -2.26. The predicted octanol–water partition coefficient (Wildman–Crippen LogP) is 1.67. The Kier molecular flexibility index (Phi) is 7.17. The lowest BCUT2D eigenvalue weighted by atomic mass is 9.88. The van der Waals surface area contributed by atoms with Crippen LogP contribution in [0.2, 0.25) is 0 Å². The molecule has 6 heteroatoms. The molecule has 0 bridgehead atoms. The Bertz CT molecular complexity index is 489.